The molecule has 192 valence electrons. The average Bonchev–Trinajstić information content (AvgIpc) is 3.19. The maximum atomic E-state index is 13.5. The number of hydrogen-bond donors (Lipinski definition) is 1. The summed E-state index contributed by atoms with van der Waals surface area (Å²) in [6, 6.07) is 19.3. The second-order valence-corrected chi connectivity index (χ2v) is 8.84. The number of ether oxygens (including phenoxy) is 2. The van der Waals surface area contributed by atoms with Crippen LogP contribution in [0.4, 0.5) is 11.4 Å². The van der Waals surface area contributed by atoms with E-state index in [9.17, 15) is 14.7 Å². The monoisotopic (exact) mass is 500 g/mol. The molecule has 37 heavy (non-hydrogen) atoms. The SMILES string of the molecule is CCN(CC)c1ccc(N2C(=O)C(=O)/C(=C(/O)c3cc(OC)ccc3OC)C2c2cccc(C)c2)cc1. The van der Waals surface area contributed by atoms with Gasteiger partial charge in [-0.1, -0.05) is 29.8 Å². The summed E-state index contributed by atoms with van der Waals surface area (Å²) in [6.45, 7) is 7.82. The molecule has 0 aliphatic carbocycles. The highest BCUT2D eigenvalue weighted by atomic mass is 16.5. The Labute approximate surface area is 217 Å². The van der Waals surface area contributed by atoms with Crippen molar-refractivity contribution in [1.29, 1.82) is 0 Å². The number of amides is 1. The molecule has 0 spiro atoms. The zero-order valence-corrected chi connectivity index (χ0v) is 21.8. The van der Waals surface area contributed by atoms with Gasteiger partial charge in [0.2, 0.25) is 0 Å². The molecule has 1 unspecified atom stereocenters. The first kappa shape index (κ1) is 25.8. The van der Waals surface area contributed by atoms with Crippen molar-refractivity contribution in [2.75, 3.05) is 37.1 Å². The van der Waals surface area contributed by atoms with Crippen LogP contribution in [0.15, 0.2) is 72.3 Å². The molecule has 3 aromatic carbocycles. The molecule has 4 rings (SSSR count). The van der Waals surface area contributed by atoms with Crippen LogP contribution in [0.3, 0.4) is 0 Å². The number of rotatable bonds is 8. The average molecular weight is 501 g/mol. The van der Waals surface area contributed by atoms with Crippen LogP contribution < -0.4 is 19.3 Å². The van der Waals surface area contributed by atoms with Crippen LogP contribution in [-0.2, 0) is 9.59 Å². The maximum Gasteiger partial charge on any atom is 0.300 e. The number of aryl methyl sites for hydroxylation is 1. The lowest BCUT2D eigenvalue weighted by Gasteiger charge is -2.27. The molecular weight excluding hydrogens is 468 g/mol. The second kappa shape index (κ2) is 10.8. The minimum atomic E-state index is -0.824. The largest absolute Gasteiger partial charge is 0.507 e. The molecule has 1 atom stereocenters. The Kier molecular flexibility index (Phi) is 7.53. The minimum Gasteiger partial charge on any atom is -0.507 e. The van der Waals surface area contributed by atoms with E-state index in [0.717, 1.165) is 29.9 Å². The number of Topliss-reactive ketones (excluding diaryl/α,β-unsaturated/α-hetero) is 1. The molecular formula is C30H32N2O5. The highest BCUT2D eigenvalue weighted by Gasteiger charge is 2.47. The predicted molar refractivity (Wildman–Crippen MR) is 146 cm³/mol. The predicted octanol–water partition coefficient (Wildman–Crippen LogP) is 5.48. The lowest BCUT2D eigenvalue weighted by molar-refractivity contribution is -0.132. The van der Waals surface area contributed by atoms with E-state index >= 15 is 0 Å². The fraction of sp³-hybridized carbons (Fsp3) is 0.267. The third-order valence-electron chi connectivity index (χ3n) is 6.72. The Balaban J connectivity index is 1.92. The molecule has 0 bridgehead atoms. The zero-order valence-electron chi connectivity index (χ0n) is 21.8. The number of aliphatic hydroxyl groups excluding tert-OH is 1. The fourth-order valence-electron chi connectivity index (χ4n) is 4.81. The van der Waals surface area contributed by atoms with E-state index in [1.54, 1.807) is 18.2 Å². The van der Waals surface area contributed by atoms with Crippen molar-refractivity contribution in [3.63, 3.8) is 0 Å². The summed E-state index contributed by atoms with van der Waals surface area (Å²) >= 11 is 0. The summed E-state index contributed by atoms with van der Waals surface area (Å²) in [5.74, 6) is -0.943. The molecule has 1 aliphatic rings. The third-order valence-corrected chi connectivity index (χ3v) is 6.72. The van der Waals surface area contributed by atoms with Gasteiger partial charge in [-0.3, -0.25) is 14.5 Å². The van der Waals surface area contributed by atoms with Crippen molar-refractivity contribution in [3.8, 4) is 11.5 Å². The van der Waals surface area contributed by atoms with Crippen LogP contribution in [0.25, 0.3) is 5.76 Å². The summed E-state index contributed by atoms with van der Waals surface area (Å²) in [4.78, 5) is 30.7. The maximum absolute atomic E-state index is 13.5. The van der Waals surface area contributed by atoms with Crippen LogP contribution in [0.2, 0.25) is 0 Å². The highest BCUT2D eigenvalue weighted by Crippen LogP contribution is 2.44. The first-order chi connectivity index (χ1) is 17.8. The Morgan fingerprint density at radius 1 is 0.946 bits per heavy atom. The number of anilines is 2. The molecule has 1 aliphatic heterocycles. The summed E-state index contributed by atoms with van der Waals surface area (Å²) < 4.78 is 10.8. The molecule has 1 saturated heterocycles. The molecule has 3 aromatic rings. The molecule has 1 fully saturated rings. The number of ketones is 1. The van der Waals surface area contributed by atoms with Crippen LogP contribution in [0.1, 0.15) is 36.6 Å². The van der Waals surface area contributed by atoms with Gasteiger partial charge in [0.1, 0.15) is 17.3 Å². The van der Waals surface area contributed by atoms with E-state index in [1.807, 2.05) is 55.5 Å². The van der Waals surface area contributed by atoms with Gasteiger partial charge in [0.25, 0.3) is 11.7 Å². The van der Waals surface area contributed by atoms with Gasteiger partial charge < -0.3 is 19.5 Å². The molecule has 0 saturated carbocycles. The molecule has 1 heterocycles. The molecule has 1 amide bonds. The Bertz CT molecular complexity index is 1340. The van der Waals surface area contributed by atoms with Gasteiger partial charge in [-0.25, -0.2) is 0 Å². The molecule has 0 radical (unpaired) electrons. The fourth-order valence-corrected chi connectivity index (χ4v) is 4.81. The van der Waals surface area contributed by atoms with E-state index in [2.05, 4.69) is 18.7 Å². The molecule has 7 nitrogen and oxygen atoms in total. The number of carbonyl (C=O) groups excluding carboxylic acids is 2. The van der Waals surface area contributed by atoms with E-state index < -0.39 is 17.7 Å². The lowest BCUT2D eigenvalue weighted by atomic mass is 9.94. The van der Waals surface area contributed by atoms with E-state index in [4.69, 9.17) is 9.47 Å². The standard InChI is InChI=1S/C30H32N2O5/c1-6-31(7-2)21-11-13-22(14-12-21)32-27(20-10-8-9-19(3)17-20)26(29(34)30(32)35)28(33)24-18-23(36-4)15-16-25(24)37-5/h8-18,27,33H,6-7H2,1-5H3/b28-26+. The number of hydrogen-bond acceptors (Lipinski definition) is 6. The van der Waals surface area contributed by atoms with Crippen LogP contribution in [-0.4, -0.2) is 44.1 Å². The zero-order chi connectivity index (χ0) is 26.7. The van der Waals surface area contributed by atoms with Crippen molar-refractivity contribution in [2.45, 2.75) is 26.8 Å². The van der Waals surface area contributed by atoms with Crippen LogP contribution in [0.5, 0.6) is 11.5 Å². The van der Waals surface area contributed by atoms with Gasteiger partial charge in [-0.15, -0.1) is 0 Å². The number of nitrogens with zero attached hydrogens (tertiary/aromatic N) is 2. The number of aliphatic hydroxyl groups is 1. The second-order valence-electron chi connectivity index (χ2n) is 8.84. The van der Waals surface area contributed by atoms with Crippen molar-refractivity contribution in [1.82, 2.24) is 0 Å². The minimum absolute atomic E-state index is 0.00466. The highest BCUT2D eigenvalue weighted by molar-refractivity contribution is 6.51. The van der Waals surface area contributed by atoms with Gasteiger partial charge >= 0.3 is 0 Å². The molecule has 1 N–H and O–H groups in total. The Morgan fingerprint density at radius 3 is 2.24 bits per heavy atom. The first-order valence-electron chi connectivity index (χ1n) is 12.3. The smallest absolute Gasteiger partial charge is 0.300 e. The quantitative estimate of drug-likeness (QED) is 0.251. The van der Waals surface area contributed by atoms with Crippen molar-refractivity contribution < 1.29 is 24.2 Å². The lowest BCUT2D eigenvalue weighted by Crippen LogP contribution is -2.29. The van der Waals surface area contributed by atoms with Crippen molar-refractivity contribution in [3.05, 3.63) is 89.0 Å². The van der Waals surface area contributed by atoms with Gasteiger partial charge in [0.05, 0.1) is 31.4 Å². The summed E-state index contributed by atoms with van der Waals surface area (Å²) in [5, 5.41) is 11.5. The van der Waals surface area contributed by atoms with Crippen molar-refractivity contribution >= 4 is 28.8 Å². The molecule has 7 heteroatoms. The molecule has 0 aromatic heterocycles. The van der Waals surface area contributed by atoms with Gasteiger partial charge in [-0.05, 0) is 68.8 Å². The number of benzene rings is 3. The Hall–Kier alpha value is -4.26. The van der Waals surface area contributed by atoms with E-state index in [1.165, 1.54) is 19.1 Å². The summed E-state index contributed by atoms with van der Waals surface area (Å²) in [7, 11) is 2.99. The summed E-state index contributed by atoms with van der Waals surface area (Å²) in [5.41, 5.74) is 3.55. The van der Waals surface area contributed by atoms with Gasteiger partial charge in [-0.2, -0.15) is 0 Å². The van der Waals surface area contributed by atoms with E-state index in [-0.39, 0.29) is 16.9 Å². The third kappa shape index (κ3) is 4.77. The van der Waals surface area contributed by atoms with Crippen LogP contribution in [0, 0.1) is 6.92 Å². The first-order valence-corrected chi connectivity index (χ1v) is 12.3. The van der Waals surface area contributed by atoms with Crippen LogP contribution >= 0.6 is 0 Å². The van der Waals surface area contributed by atoms with Gasteiger partial charge in [0, 0.05) is 24.5 Å². The Morgan fingerprint density at radius 2 is 1.65 bits per heavy atom. The van der Waals surface area contributed by atoms with Crippen molar-refractivity contribution in [2.24, 2.45) is 0 Å². The number of carbonyl (C=O) groups is 2. The number of methoxy groups -OCH3 is 2. The summed E-state index contributed by atoms with van der Waals surface area (Å²) in [6.07, 6.45) is 0. The van der Waals surface area contributed by atoms with E-state index in [0.29, 0.717) is 17.2 Å². The van der Waals surface area contributed by atoms with Gasteiger partial charge in [0.15, 0.2) is 0 Å². The topological polar surface area (TPSA) is 79.3 Å². The normalized spacial score (nSPS) is 16.7.